The monoisotopic (exact) mass is 1010 g/mol. The number of aliphatic hydroxyl groups excluding tert-OH is 3. The number of ketones is 3. The molecule has 3 saturated heterocycles. The third kappa shape index (κ3) is 15.1. The molecule has 0 aromatic carbocycles. The lowest BCUT2D eigenvalue weighted by Crippen LogP contribution is -2.65. The fourth-order valence-electron chi connectivity index (χ4n) is 11.7. The Morgan fingerprint density at radius 1 is 0.889 bits per heavy atom. The molecule has 0 aromatic rings. The second kappa shape index (κ2) is 27.6. The molecule has 4 heterocycles. The first kappa shape index (κ1) is 58.9. The van der Waals surface area contributed by atoms with Crippen LogP contribution in [0.15, 0.2) is 47.6 Å². The zero-order valence-corrected chi connectivity index (χ0v) is 43.9. The number of piperidine rings is 1. The van der Waals surface area contributed by atoms with E-state index in [1.807, 2.05) is 51.2 Å². The minimum absolute atomic E-state index is 0.0293. The third-order valence-corrected chi connectivity index (χ3v) is 16.0. The highest BCUT2D eigenvalue weighted by atomic mass is 16.6. The van der Waals surface area contributed by atoms with Crippen LogP contribution in [0.4, 0.5) is 0 Å². The smallest absolute Gasteiger partial charge is 0.329 e. The molecule has 8 unspecified atom stereocenters. The van der Waals surface area contributed by atoms with Crippen molar-refractivity contribution in [3.63, 3.8) is 0 Å². The zero-order valence-electron chi connectivity index (χ0n) is 43.9. The first-order valence-corrected chi connectivity index (χ1v) is 26.3. The largest absolute Gasteiger partial charge is 0.460 e. The van der Waals surface area contributed by atoms with Crippen molar-refractivity contribution in [2.45, 2.75) is 167 Å². The van der Waals surface area contributed by atoms with Gasteiger partial charge in [-0.2, -0.15) is 0 Å². The SMILES string of the molecule is COC1CC(C[C@H]2C3CCCN4C(=O)C(=O)C5(O)O[C@H](CC/C(C)=C/C=C/C=C/[C@@H](C)CC(C)C(=O)[C@H](OC)C(O)/C(C)=C/[C@@H](C)C(=O)C[C@@H]2OC(=O)C34)CCC5C)CC[C@H]1OC(=O)CN(CCO)CCO. The molecule has 1 amide bonds. The highest BCUT2D eigenvalue weighted by Gasteiger charge is 2.57. The number of nitrogens with zero attached hydrogens (tertiary/aromatic N) is 2. The number of Topliss-reactive ketones (excluding diaryl/α,β-unsaturated/α-hetero) is 3. The van der Waals surface area contributed by atoms with Crippen molar-refractivity contribution < 1.29 is 72.9 Å². The van der Waals surface area contributed by atoms with Gasteiger partial charge in [0.1, 0.15) is 36.2 Å². The van der Waals surface area contributed by atoms with Crippen molar-refractivity contribution in [3.05, 3.63) is 47.6 Å². The molecule has 1 aliphatic carbocycles. The van der Waals surface area contributed by atoms with Gasteiger partial charge in [0, 0.05) is 63.9 Å². The van der Waals surface area contributed by atoms with E-state index in [2.05, 4.69) is 0 Å². The quantitative estimate of drug-likeness (QED) is 0.126. The summed E-state index contributed by atoms with van der Waals surface area (Å²) in [5.41, 5.74) is 1.42. The summed E-state index contributed by atoms with van der Waals surface area (Å²) >= 11 is 0. The molecule has 4 aliphatic heterocycles. The lowest BCUT2D eigenvalue weighted by Gasteiger charge is -2.50. The van der Waals surface area contributed by atoms with E-state index in [0.717, 1.165) is 5.57 Å². The average Bonchev–Trinajstić information content (AvgIpc) is 3.34. The van der Waals surface area contributed by atoms with Gasteiger partial charge in [-0.1, -0.05) is 69.7 Å². The van der Waals surface area contributed by atoms with Gasteiger partial charge in [0.25, 0.3) is 11.7 Å². The molecule has 5 rings (SSSR count). The second-order valence-corrected chi connectivity index (χ2v) is 21.4. The molecular weight excluding hydrogens is 929 g/mol. The van der Waals surface area contributed by atoms with Gasteiger partial charge in [0.05, 0.1) is 32.0 Å². The maximum atomic E-state index is 14.5. The van der Waals surface area contributed by atoms with Crippen molar-refractivity contribution in [2.75, 3.05) is 53.6 Å². The molecule has 4 bridgehead atoms. The minimum atomic E-state index is -2.41. The zero-order chi connectivity index (χ0) is 52.9. The van der Waals surface area contributed by atoms with Gasteiger partial charge in [0.15, 0.2) is 5.78 Å². The minimum Gasteiger partial charge on any atom is -0.460 e. The number of esters is 2. The van der Waals surface area contributed by atoms with Crippen LogP contribution in [0.2, 0.25) is 0 Å². The number of methoxy groups -OCH3 is 2. The summed E-state index contributed by atoms with van der Waals surface area (Å²) in [5.74, 6) is -9.28. The Kier molecular flexibility index (Phi) is 22.6. The van der Waals surface area contributed by atoms with E-state index in [1.54, 1.807) is 38.9 Å². The fourth-order valence-corrected chi connectivity index (χ4v) is 11.7. The Balaban J connectivity index is 1.46. The van der Waals surface area contributed by atoms with E-state index in [0.29, 0.717) is 76.2 Å². The number of fused-ring (bicyclic) bond motifs is 4. The molecule has 15 atom stereocenters. The highest BCUT2D eigenvalue weighted by Crippen LogP contribution is 2.45. The van der Waals surface area contributed by atoms with Gasteiger partial charge in [-0.05, 0) is 108 Å². The van der Waals surface area contributed by atoms with Crippen LogP contribution in [0.25, 0.3) is 0 Å². The van der Waals surface area contributed by atoms with Crippen LogP contribution < -0.4 is 0 Å². The number of carbonyl (C=O) groups excluding carboxylic acids is 6. The van der Waals surface area contributed by atoms with Crippen LogP contribution in [0, 0.1) is 41.4 Å². The molecule has 404 valence electrons. The van der Waals surface area contributed by atoms with Crippen molar-refractivity contribution in [1.82, 2.24) is 9.80 Å². The maximum Gasteiger partial charge on any atom is 0.329 e. The Morgan fingerprint density at radius 3 is 2.29 bits per heavy atom. The lowest BCUT2D eigenvalue weighted by atomic mass is 9.68. The topological polar surface area (TPSA) is 236 Å². The normalized spacial score (nSPS) is 38.6. The van der Waals surface area contributed by atoms with E-state index in [4.69, 9.17) is 23.7 Å². The van der Waals surface area contributed by atoms with E-state index in [-0.39, 0.29) is 69.2 Å². The van der Waals surface area contributed by atoms with Crippen molar-refractivity contribution in [1.29, 1.82) is 0 Å². The molecule has 0 radical (unpaired) electrons. The van der Waals surface area contributed by atoms with Crippen molar-refractivity contribution in [2.24, 2.45) is 41.4 Å². The summed E-state index contributed by atoms with van der Waals surface area (Å²) in [6.07, 6.45) is 11.7. The fraction of sp³-hybridized carbons (Fsp3) is 0.745. The van der Waals surface area contributed by atoms with Crippen LogP contribution in [-0.2, 0) is 52.5 Å². The second-order valence-electron chi connectivity index (χ2n) is 21.4. The van der Waals surface area contributed by atoms with E-state index in [1.165, 1.54) is 12.0 Å². The van der Waals surface area contributed by atoms with Gasteiger partial charge in [0.2, 0.25) is 5.79 Å². The first-order valence-electron chi connectivity index (χ1n) is 26.3. The highest BCUT2D eigenvalue weighted by molar-refractivity contribution is 6.39. The summed E-state index contributed by atoms with van der Waals surface area (Å²) in [6.45, 7) is 10.8. The van der Waals surface area contributed by atoms with E-state index < -0.39 is 102 Å². The van der Waals surface area contributed by atoms with Gasteiger partial charge in [-0.15, -0.1) is 0 Å². The number of allylic oxidation sites excluding steroid dienone is 7. The maximum absolute atomic E-state index is 14.5. The predicted octanol–water partition coefficient (Wildman–Crippen LogP) is 4.61. The van der Waals surface area contributed by atoms with Crippen molar-refractivity contribution in [3.8, 4) is 0 Å². The van der Waals surface area contributed by atoms with Gasteiger partial charge in [-0.3, -0.25) is 28.9 Å². The standard InChI is InChI=1S/C55H84N2O15/c1-33-13-10-9-11-14-34(2)27-36(4)49(62)51(69-8)50(63)37(5)28-35(3)43(60)31-45-42(29-39-18-21-44(46(30-39)68-7)70-47(61)32-56(23-25-58)24-26-59)41-15-12-22-57(48(41)54(66)71-45)53(65)52(64)55(67)38(6)17-20-40(72-55)19-16-33/h9-11,13-14,28,34-36,38-42,44-46,48,50-51,58-59,63,67H,12,15-27,29-32H2,1-8H3/b10-9+,14-11+,33-13+,37-28+/t34-,35-,36?,38?,39?,40-,41?,42+,44-,45+,46?,48?,50?,51+,55?/m1/s1. The van der Waals surface area contributed by atoms with Gasteiger partial charge in [-0.25, -0.2) is 4.79 Å². The lowest BCUT2D eigenvalue weighted by molar-refractivity contribution is -0.263. The number of rotatable bonds is 11. The molecule has 17 heteroatoms. The molecular formula is C55H84N2O15. The summed E-state index contributed by atoms with van der Waals surface area (Å²) in [4.78, 5) is 87.2. The number of amides is 1. The van der Waals surface area contributed by atoms with Crippen LogP contribution in [0.5, 0.6) is 0 Å². The Morgan fingerprint density at radius 2 is 1.61 bits per heavy atom. The van der Waals surface area contributed by atoms with Crippen LogP contribution in [0.3, 0.4) is 0 Å². The summed E-state index contributed by atoms with van der Waals surface area (Å²) in [6, 6.07) is -1.17. The first-order chi connectivity index (χ1) is 34.3. The van der Waals surface area contributed by atoms with E-state index >= 15 is 0 Å². The molecule has 0 aromatic heterocycles. The number of aliphatic hydroxyl groups is 4. The van der Waals surface area contributed by atoms with Gasteiger partial charge >= 0.3 is 11.9 Å². The average molecular weight is 1010 g/mol. The number of ether oxygens (including phenoxy) is 5. The molecule has 4 N–H and O–H groups in total. The summed E-state index contributed by atoms with van der Waals surface area (Å²) < 4.78 is 29.8. The molecule has 1 saturated carbocycles. The molecule has 72 heavy (non-hydrogen) atoms. The molecule has 0 spiro atoms. The molecule has 4 fully saturated rings. The Bertz CT molecular complexity index is 1990. The summed E-state index contributed by atoms with van der Waals surface area (Å²) in [5, 5.41) is 42.4. The van der Waals surface area contributed by atoms with Crippen LogP contribution >= 0.6 is 0 Å². The van der Waals surface area contributed by atoms with Gasteiger partial charge < -0.3 is 49.0 Å². The third-order valence-electron chi connectivity index (χ3n) is 16.0. The molecule has 5 aliphatic rings. The number of hydrogen-bond acceptors (Lipinski definition) is 16. The van der Waals surface area contributed by atoms with Crippen LogP contribution in [0.1, 0.15) is 119 Å². The molecule has 17 nitrogen and oxygen atoms in total. The number of carbonyl (C=O) groups is 6. The summed E-state index contributed by atoms with van der Waals surface area (Å²) in [7, 11) is 2.92. The Hall–Kier alpha value is -3.94. The van der Waals surface area contributed by atoms with Crippen molar-refractivity contribution >= 4 is 35.2 Å². The Labute approximate surface area is 426 Å². The van der Waals surface area contributed by atoms with E-state index in [9.17, 15) is 49.2 Å². The number of hydrogen-bond donors (Lipinski definition) is 4. The van der Waals surface area contributed by atoms with Crippen LogP contribution in [-0.4, -0.2) is 167 Å². The predicted molar refractivity (Wildman–Crippen MR) is 267 cm³/mol.